The highest BCUT2D eigenvalue weighted by Crippen LogP contribution is 2.18. The fourth-order valence-electron chi connectivity index (χ4n) is 5.48. The fourth-order valence-corrected chi connectivity index (χ4v) is 5.48. The van der Waals surface area contributed by atoms with Gasteiger partial charge in [0, 0.05) is 71.0 Å². The minimum Gasteiger partial charge on any atom is -0.379 e. The second kappa shape index (κ2) is 14.0. The van der Waals surface area contributed by atoms with E-state index in [1.165, 1.54) is 6.07 Å². The summed E-state index contributed by atoms with van der Waals surface area (Å²) < 4.78 is 41.0. The number of hydrogen-bond donors (Lipinski definition) is 0. The maximum Gasteiger partial charge on any atom is 0.205 e. The van der Waals surface area contributed by atoms with Crippen molar-refractivity contribution < 1.29 is 37.2 Å². The van der Waals surface area contributed by atoms with E-state index in [2.05, 4.69) is 10.1 Å². The van der Waals surface area contributed by atoms with E-state index in [-0.39, 0.29) is 47.8 Å². The average Bonchev–Trinajstić information content (AvgIpc) is 3.71. The predicted molar refractivity (Wildman–Crippen MR) is 159 cm³/mol. The molecule has 0 N–H and O–H groups in total. The maximum absolute atomic E-state index is 13.9. The summed E-state index contributed by atoms with van der Waals surface area (Å²) in [6, 6.07) is 7.38. The molecule has 0 aliphatic carbocycles. The lowest BCUT2D eigenvalue weighted by Crippen LogP contribution is -2.36. The zero-order valence-corrected chi connectivity index (χ0v) is 25.2. The molecule has 5 rings (SSSR count). The molecule has 4 heterocycles. The predicted octanol–water partition coefficient (Wildman–Crippen LogP) is 4.20. The Morgan fingerprint density at radius 1 is 0.800 bits per heavy atom. The lowest BCUT2D eigenvalue weighted by Gasteiger charge is -2.26. The monoisotopic (exact) mass is 620 g/mol. The second-order valence-corrected chi connectivity index (χ2v) is 11.3. The zero-order valence-electron chi connectivity index (χ0n) is 25.2. The molecule has 10 nitrogen and oxygen atoms in total. The standard InChI is InChI=1S/C33H34F2N4O6/c1-37-19-21(12-27(37)29(40)4-3-7-39-8-10-44-11-9-39)14-31(42)28-13-22(20-38(28)2)15-32(43)33-18-24(36-45-33)17-30(41)25-6-5-23(34)16-26(25)35/h5-6,12-13,16,18-20H,3-4,7-11,14-15,17H2,1-2H3. The van der Waals surface area contributed by atoms with Crippen LogP contribution in [0.4, 0.5) is 8.78 Å². The van der Waals surface area contributed by atoms with Gasteiger partial charge in [0.2, 0.25) is 11.5 Å². The number of aryl methyl sites for hydroxylation is 2. The molecule has 12 heteroatoms. The van der Waals surface area contributed by atoms with Gasteiger partial charge in [-0.15, -0.1) is 0 Å². The topological polar surface area (TPSA) is 117 Å². The Kier molecular flexibility index (Phi) is 9.94. The third kappa shape index (κ3) is 7.95. The van der Waals surface area contributed by atoms with Crippen LogP contribution in [-0.4, -0.2) is 75.2 Å². The molecule has 0 spiro atoms. The number of carbonyl (C=O) groups excluding carboxylic acids is 4. The lowest BCUT2D eigenvalue weighted by molar-refractivity contribution is 0.0371. The number of aromatic nitrogens is 3. The van der Waals surface area contributed by atoms with Crippen molar-refractivity contribution in [3.8, 4) is 0 Å². The third-order valence-corrected chi connectivity index (χ3v) is 7.81. The van der Waals surface area contributed by atoms with Crippen molar-refractivity contribution in [3.63, 3.8) is 0 Å². The van der Waals surface area contributed by atoms with Crippen LogP contribution in [0.3, 0.4) is 0 Å². The molecule has 1 saturated heterocycles. The van der Waals surface area contributed by atoms with Crippen molar-refractivity contribution in [2.45, 2.75) is 32.1 Å². The highest BCUT2D eigenvalue weighted by atomic mass is 19.1. The molecule has 1 aliphatic heterocycles. The van der Waals surface area contributed by atoms with E-state index in [0.717, 1.165) is 57.0 Å². The number of benzene rings is 1. The number of ether oxygens (including phenoxy) is 1. The second-order valence-electron chi connectivity index (χ2n) is 11.3. The van der Waals surface area contributed by atoms with E-state index < -0.39 is 23.2 Å². The van der Waals surface area contributed by atoms with Gasteiger partial charge in [-0.3, -0.25) is 24.1 Å². The van der Waals surface area contributed by atoms with Gasteiger partial charge >= 0.3 is 0 Å². The molecule has 0 saturated carbocycles. The van der Waals surface area contributed by atoms with E-state index in [1.807, 2.05) is 0 Å². The summed E-state index contributed by atoms with van der Waals surface area (Å²) in [5, 5.41) is 3.74. The maximum atomic E-state index is 13.9. The summed E-state index contributed by atoms with van der Waals surface area (Å²) in [4.78, 5) is 53.6. The molecule has 3 aromatic heterocycles. The Labute approximate surface area is 258 Å². The molecule has 1 aromatic carbocycles. The van der Waals surface area contributed by atoms with Crippen molar-refractivity contribution in [2.24, 2.45) is 14.1 Å². The van der Waals surface area contributed by atoms with Gasteiger partial charge in [-0.25, -0.2) is 8.78 Å². The van der Waals surface area contributed by atoms with Gasteiger partial charge < -0.3 is 18.4 Å². The van der Waals surface area contributed by atoms with Crippen LogP contribution >= 0.6 is 0 Å². The summed E-state index contributed by atoms with van der Waals surface area (Å²) in [7, 11) is 3.50. The minimum absolute atomic E-state index is 0.0340. The zero-order chi connectivity index (χ0) is 32.1. The first-order valence-electron chi connectivity index (χ1n) is 14.7. The van der Waals surface area contributed by atoms with Gasteiger partial charge in [-0.2, -0.15) is 0 Å². The number of morpholine rings is 1. The largest absolute Gasteiger partial charge is 0.379 e. The summed E-state index contributed by atoms with van der Waals surface area (Å²) in [6.07, 6.45) is 4.33. The normalized spacial score (nSPS) is 13.7. The number of hydrogen-bond acceptors (Lipinski definition) is 8. The van der Waals surface area contributed by atoms with Crippen LogP contribution in [0.2, 0.25) is 0 Å². The third-order valence-electron chi connectivity index (χ3n) is 7.81. The number of ketones is 4. The molecule has 0 radical (unpaired) electrons. The van der Waals surface area contributed by atoms with Crippen LogP contribution in [0.25, 0.3) is 0 Å². The highest BCUT2D eigenvalue weighted by Gasteiger charge is 2.21. The first-order valence-corrected chi connectivity index (χ1v) is 14.7. The van der Waals surface area contributed by atoms with Crippen molar-refractivity contribution >= 4 is 23.1 Å². The molecule has 236 valence electrons. The van der Waals surface area contributed by atoms with Gasteiger partial charge in [0.25, 0.3) is 0 Å². The molecule has 4 aromatic rings. The molecular weight excluding hydrogens is 586 g/mol. The fraction of sp³-hybridized carbons (Fsp3) is 0.364. The van der Waals surface area contributed by atoms with E-state index in [9.17, 15) is 28.0 Å². The van der Waals surface area contributed by atoms with Crippen LogP contribution in [-0.2, 0) is 38.1 Å². The smallest absolute Gasteiger partial charge is 0.205 e. The van der Waals surface area contributed by atoms with Gasteiger partial charge in [0.1, 0.15) is 11.6 Å². The Hall–Kier alpha value is -4.55. The summed E-state index contributed by atoms with van der Waals surface area (Å²) in [6.45, 7) is 4.05. The van der Waals surface area contributed by atoms with Crippen molar-refractivity contribution in [1.29, 1.82) is 0 Å². The Morgan fingerprint density at radius 2 is 1.44 bits per heavy atom. The number of nitrogens with zero attached hydrogens (tertiary/aromatic N) is 4. The minimum atomic E-state index is -0.981. The van der Waals surface area contributed by atoms with E-state index in [0.29, 0.717) is 29.4 Å². The van der Waals surface area contributed by atoms with Crippen LogP contribution in [0.15, 0.2) is 53.3 Å². The van der Waals surface area contributed by atoms with Gasteiger partial charge in [-0.05, 0) is 48.4 Å². The molecule has 1 fully saturated rings. The molecule has 0 unspecified atom stereocenters. The van der Waals surface area contributed by atoms with Crippen molar-refractivity contribution in [2.75, 3.05) is 32.8 Å². The average molecular weight is 621 g/mol. The van der Waals surface area contributed by atoms with Crippen molar-refractivity contribution in [3.05, 3.63) is 100.0 Å². The number of carbonyl (C=O) groups is 4. The number of rotatable bonds is 14. The molecular formula is C33H34F2N4O6. The van der Waals surface area contributed by atoms with Crippen LogP contribution in [0.5, 0.6) is 0 Å². The van der Waals surface area contributed by atoms with Crippen molar-refractivity contribution in [1.82, 2.24) is 19.2 Å². The van der Waals surface area contributed by atoms with Crippen LogP contribution in [0.1, 0.15) is 71.6 Å². The molecule has 0 amide bonds. The van der Waals surface area contributed by atoms with E-state index in [4.69, 9.17) is 9.26 Å². The lowest BCUT2D eigenvalue weighted by atomic mass is 10.0. The highest BCUT2D eigenvalue weighted by molar-refractivity contribution is 6.00. The van der Waals surface area contributed by atoms with Gasteiger partial charge in [-0.1, -0.05) is 5.16 Å². The molecule has 45 heavy (non-hydrogen) atoms. The Balaban J connectivity index is 1.15. The van der Waals surface area contributed by atoms with Crippen LogP contribution in [0, 0.1) is 11.6 Å². The summed E-state index contributed by atoms with van der Waals surface area (Å²) in [5.74, 6) is -3.04. The molecule has 0 bridgehead atoms. The van der Waals surface area contributed by atoms with E-state index in [1.54, 1.807) is 47.8 Å². The first kappa shape index (κ1) is 31.9. The molecule has 0 atom stereocenters. The number of Topliss-reactive ketones (excluding diaryl/α,β-unsaturated/α-hetero) is 4. The summed E-state index contributed by atoms with van der Waals surface area (Å²) in [5.41, 5.74) is 2.12. The Morgan fingerprint density at radius 3 is 2.11 bits per heavy atom. The van der Waals surface area contributed by atoms with Crippen LogP contribution < -0.4 is 0 Å². The molecule has 1 aliphatic rings. The first-order chi connectivity index (χ1) is 21.6. The van der Waals surface area contributed by atoms with Gasteiger partial charge in [0.15, 0.2) is 17.3 Å². The summed E-state index contributed by atoms with van der Waals surface area (Å²) >= 11 is 0. The van der Waals surface area contributed by atoms with Gasteiger partial charge in [0.05, 0.1) is 42.3 Å². The Bertz CT molecular complexity index is 1730. The number of halogens is 2. The van der Waals surface area contributed by atoms with E-state index >= 15 is 0 Å². The SMILES string of the molecule is Cn1cc(CC(=O)c2cc(CC(=O)c3cc(CC(=O)c4ccc(F)cc4F)no3)cn2C)cc1C(=O)CCCN1CCOCC1. The quantitative estimate of drug-likeness (QED) is 0.193.